The summed E-state index contributed by atoms with van der Waals surface area (Å²) in [4.78, 5) is 24.8. The summed E-state index contributed by atoms with van der Waals surface area (Å²) in [5.74, 6) is -1.19. The van der Waals surface area contributed by atoms with E-state index in [1.165, 1.54) is 16.7 Å². The maximum atomic E-state index is 13.1. The minimum Gasteiger partial charge on any atom is -0.408 e. The van der Waals surface area contributed by atoms with E-state index < -0.39 is 5.76 Å². The molecule has 0 unspecified atom stereocenters. The van der Waals surface area contributed by atoms with E-state index in [0.717, 1.165) is 11.1 Å². The summed E-state index contributed by atoms with van der Waals surface area (Å²) in [6.07, 6.45) is 0. The average Bonchev–Trinajstić information content (AvgIpc) is 3.03. The molecule has 0 aliphatic carbocycles. The number of rotatable bonds is 5. The molecule has 4 aromatic rings. The van der Waals surface area contributed by atoms with E-state index in [0.29, 0.717) is 21.7 Å². The van der Waals surface area contributed by atoms with E-state index in [-0.39, 0.29) is 24.8 Å². The van der Waals surface area contributed by atoms with Crippen molar-refractivity contribution < 1.29 is 13.6 Å². The minimum absolute atomic E-state index is 0.205. The fourth-order valence-electron chi connectivity index (χ4n) is 3.04. The summed E-state index contributed by atoms with van der Waals surface area (Å²) < 4.78 is 19.8. The number of carbonyl (C=O) groups is 1. The number of halogens is 2. The van der Waals surface area contributed by atoms with Crippen molar-refractivity contribution >= 4 is 28.6 Å². The van der Waals surface area contributed by atoms with Crippen molar-refractivity contribution in [3.63, 3.8) is 0 Å². The fraction of sp³-hybridized carbons (Fsp3) is 0.0909. The van der Waals surface area contributed by atoms with Gasteiger partial charge in [0.05, 0.1) is 12.1 Å². The topological polar surface area (TPSA) is 64.2 Å². The Morgan fingerprint density at radius 2 is 1.83 bits per heavy atom. The van der Waals surface area contributed by atoms with Crippen LogP contribution in [0, 0.1) is 5.82 Å². The Hall–Kier alpha value is -3.38. The Balaban J connectivity index is 1.59. The second kappa shape index (κ2) is 7.93. The van der Waals surface area contributed by atoms with Crippen LogP contribution in [0.4, 0.5) is 4.39 Å². The number of hydrogen-bond acceptors (Lipinski definition) is 3. The largest absolute Gasteiger partial charge is 0.420 e. The van der Waals surface area contributed by atoms with E-state index in [9.17, 15) is 14.0 Å². The van der Waals surface area contributed by atoms with Gasteiger partial charge in [-0.1, -0.05) is 41.9 Å². The zero-order valence-corrected chi connectivity index (χ0v) is 15.9. The minimum atomic E-state index is -0.544. The maximum absolute atomic E-state index is 13.1. The van der Waals surface area contributed by atoms with Crippen molar-refractivity contribution in [2.75, 3.05) is 0 Å². The summed E-state index contributed by atoms with van der Waals surface area (Å²) in [6.45, 7) is 0.487. The lowest BCUT2D eigenvalue weighted by molar-refractivity contribution is 0.0951. The predicted octanol–water partition coefficient (Wildman–Crippen LogP) is 4.37. The molecule has 0 bridgehead atoms. The number of carbonyl (C=O) groups excluding carboxylic acids is 1. The number of oxazole rings is 1. The van der Waals surface area contributed by atoms with Gasteiger partial charge in [0.2, 0.25) is 0 Å². The van der Waals surface area contributed by atoms with E-state index >= 15 is 0 Å². The molecule has 0 aliphatic heterocycles. The van der Waals surface area contributed by atoms with Gasteiger partial charge in [0.1, 0.15) is 5.82 Å². The molecular weight excluding hydrogens is 395 g/mol. The van der Waals surface area contributed by atoms with Gasteiger partial charge in [-0.25, -0.2) is 9.18 Å². The van der Waals surface area contributed by atoms with Crippen molar-refractivity contribution in [1.82, 2.24) is 9.88 Å². The van der Waals surface area contributed by atoms with Crippen LogP contribution in [0.2, 0.25) is 5.02 Å². The van der Waals surface area contributed by atoms with Crippen LogP contribution in [0.25, 0.3) is 11.1 Å². The van der Waals surface area contributed by atoms with Crippen molar-refractivity contribution in [1.29, 1.82) is 0 Å². The molecule has 3 aromatic carbocycles. The van der Waals surface area contributed by atoms with E-state index in [1.54, 1.807) is 36.4 Å². The van der Waals surface area contributed by atoms with Gasteiger partial charge in [0.15, 0.2) is 5.58 Å². The zero-order valence-electron chi connectivity index (χ0n) is 15.2. The second-order valence-corrected chi connectivity index (χ2v) is 6.94. The monoisotopic (exact) mass is 410 g/mol. The molecule has 0 saturated heterocycles. The first-order valence-electron chi connectivity index (χ1n) is 8.91. The standard InChI is InChI=1S/C22H16ClFN2O3/c23-18-4-2-1-3-16(18)12-25-21(27)15-7-10-20-19(11-15)26(22(28)29-20)13-14-5-8-17(24)9-6-14/h1-11H,12-13H2,(H,25,27). The third-order valence-corrected chi connectivity index (χ3v) is 4.95. The van der Waals surface area contributed by atoms with Crippen LogP contribution in [0.5, 0.6) is 0 Å². The van der Waals surface area contributed by atoms with Crippen molar-refractivity contribution in [2.45, 2.75) is 13.1 Å². The number of aromatic nitrogens is 1. The Bertz CT molecular complexity index is 1250. The number of nitrogens with zero attached hydrogens (tertiary/aromatic N) is 1. The van der Waals surface area contributed by atoms with E-state index in [4.69, 9.17) is 16.0 Å². The average molecular weight is 411 g/mol. The quantitative estimate of drug-likeness (QED) is 0.531. The molecule has 1 heterocycles. The molecule has 7 heteroatoms. The van der Waals surface area contributed by atoms with Gasteiger partial charge >= 0.3 is 5.76 Å². The molecule has 4 rings (SSSR count). The van der Waals surface area contributed by atoms with Crippen LogP contribution in [0.15, 0.2) is 75.9 Å². The molecule has 0 saturated carbocycles. The molecule has 1 amide bonds. The molecule has 146 valence electrons. The highest BCUT2D eigenvalue weighted by atomic mass is 35.5. The first-order chi connectivity index (χ1) is 14.0. The normalized spacial score (nSPS) is 11.0. The number of amides is 1. The number of benzene rings is 3. The molecule has 0 radical (unpaired) electrons. The van der Waals surface area contributed by atoms with Crippen molar-refractivity contribution in [2.24, 2.45) is 0 Å². The second-order valence-electron chi connectivity index (χ2n) is 6.54. The first-order valence-corrected chi connectivity index (χ1v) is 9.28. The highest BCUT2D eigenvalue weighted by Gasteiger charge is 2.14. The van der Waals surface area contributed by atoms with Gasteiger partial charge in [0, 0.05) is 17.1 Å². The molecule has 0 spiro atoms. The highest BCUT2D eigenvalue weighted by Crippen LogP contribution is 2.18. The lowest BCUT2D eigenvalue weighted by Crippen LogP contribution is -2.23. The van der Waals surface area contributed by atoms with Crippen molar-refractivity contribution in [3.8, 4) is 0 Å². The summed E-state index contributed by atoms with van der Waals surface area (Å²) in [5, 5.41) is 3.40. The molecule has 1 aromatic heterocycles. The van der Waals surface area contributed by atoms with Crippen LogP contribution in [0.3, 0.4) is 0 Å². The highest BCUT2D eigenvalue weighted by molar-refractivity contribution is 6.31. The smallest absolute Gasteiger partial charge is 0.408 e. The Kier molecular flexibility index (Phi) is 5.18. The van der Waals surface area contributed by atoms with Gasteiger partial charge in [0.25, 0.3) is 5.91 Å². The number of fused-ring (bicyclic) bond motifs is 1. The Labute approximate surface area is 170 Å². The van der Waals surface area contributed by atoms with Crippen LogP contribution in [-0.4, -0.2) is 10.5 Å². The van der Waals surface area contributed by atoms with Crippen molar-refractivity contribution in [3.05, 3.63) is 105 Å². The molecule has 1 N–H and O–H groups in total. The predicted molar refractivity (Wildman–Crippen MR) is 109 cm³/mol. The first kappa shape index (κ1) is 19.0. The Morgan fingerprint density at radius 3 is 2.59 bits per heavy atom. The van der Waals surface area contributed by atoms with Gasteiger partial charge < -0.3 is 9.73 Å². The third kappa shape index (κ3) is 4.07. The zero-order chi connectivity index (χ0) is 20.4. The maximum Gasteiger partial charge on any atom is 0.420 e. The van der Waals surface area contributed by atoms with E-state index in [1.807, 2.05) is 18.2 Å². The fourth-order valence-corrected chi connectivity index (χ4v) is 3.25. The van der Waals surface area contributed by atoms with E-state index in [2.05, 4.69) is 5.32 Å². The van der Waals surface area contributed by atoms with Gasteiger partial charge in [-0.2, -0.15) is 0 Å². The third-order valence-electron chi connectivity index (χ3n) is 4.58. The summed E-state index contributed by atoms with van der Waals surface area (Å²) >= 11 is 6.12. The Morgan fingerprint density at radius 1 is 1.07 bits per heavy atom. The molecular formula is C22H16ClFN2O3. The molecule has 0 fully saturated rings. The number of hydrogen-bond donors (Lipinski definition) is 1. The summed E-state index contributed by atoms with van der Waals surface area (Å²) in [5.41, 5.74) is 2.80. The van der Waals surface area contributed by atoms with Gasteiger partial charge in [-0.3, -0.25) is 9.36 Å². The molecule has 0 aliphatic rings. The summed E-state index contributed by atoms with van der Waals surface area (Å²) in [7, 11) is 0. The van der Waals surface area contributed by atoms with Gasteiger partial charge in [-0.05, 0) is 47.5 Å². The number of nitrogens with one attached hydrogen (secondary N) is 1. The summed E-state index contributed by atoms with van der Waals surface area (Å²) in [6, 6.07) is 17.9. The van der Waals surface area contributed by atoms with Crippen LogP contribution in [0.1, 0.15) is 21.5 Å². The van der Waals surface area contributed by atoms with Crippen LogP contribution in [-0.2, 0) is 13.1 Å². The SMILES string of the molecule is O=C(NCc1ccccc1Cl)c1ccc2oc(=O)n(Cc3ccc(F)cc3)c2c1. The lowest BCUT2D eigenvalue weighted by atomic mass is 10.1. The van der Waals surface area contributed by atoms with Crippen LogP contribution >= 0.6 is 11.6 Å². The van der Waals surface area contributed by atoms with Gasteiger partial charge in [-0.15, -0.1) is 0 Å². The molecule has 5 nitrogen and oxygen atoms in total. The molecule has 29 heavy (non-hydrogen) atoms. The molecule has 0 atom stereocenters. The lowest BCUT2D eigenvalue weighted by Gasteiger charge is -2.08. The van der Waals surface area contributed by atoms with Crippen LogP contribution < -0.4 is 11.1 Å².